The minimum Gasteiger partial charge on any atom is -0.497 e. The second-order valence-electron chi connectivity index (χ2n) is 3.24. The largest absolute Gasteiger partial charge is 0.497 e. The van der Waals surface area contributed by atoms with Crippen LogP contribution in [0.4, 0.5) is 4.39 Å². The molecule has 17 heavy (non-hydrogen) atoms. The SMILES string of the molecule is COc1ccc(-c2nc(Cl)sc2CO)c(F)c1. The van der Waals surface area contributed by atoms with Crippen LogP contribution in [0.3, 0.4) is 0 Å². The van der Waals surface area contributed by atoms with Crippen LogP contribution in [-0.4, -0.2) is 17.2 Å². The van der Waals surface area contributed by atoms with E-state index in [9.17, 15) is 4.39 Å². The molecule has 0 amide bonds. The normalized spacial score (nSPS) is 10.6. The van der Waals surface area contributed by atoms with Crippen LogP contribution >= 0.6 is 22.9 Å². The molecule has 0 saturated heterocycles. The molecular formula is C11H9ClFNO2S. The number of aliphatic hydroxyl groups excluding tert-OH is 1. The van der Waals surface area contributed by atoms with Gasteiger partial charge in [-0.25, -0.2) is 9.37 Å². The van der Waals surface area contributed by atoms with Gasteiger partial charge in [0.25, 0.3) is 0 Å². The summed E-state index contributed by atoms with van der Waals surface area (Å²) in [5.41, 5.74) is 0.681. The number of aromatic nitrogens is 1. The summed E-state index contributed by atoms with van der Waals surface area (Å²) in [5, 5.41) is 9.15. The zero-order valence-corrected chi connectivity index (χ0v) is 10.5. The van der Waals surface area contributed by atoms with Gasteiger partial charge in [0.15, 0.2) is 4.47 Å². The van der Waals surface area contributed by atoms with Crippen molar-refractivity contribution in [1.29, 1.82) is 0 Å². The zero-order chi connectivity index (χ0) is 12.4. The van der Waals surface area contributed by atoms with Crippen LogP contribution < -0.4 is 4.74 Å². The first-order valence-electron chi connectivity index (χ1n) is 4.75. The number of benzene rings is 1. The summed E-state index contributed by atoms with van der Waals surface area (Å²) in [7, 11) is 1.47. The van der Waals surface area contributed by atoms with Gasteiger partial charge in [-0.1, -0.05) is 11.6 Å². The summed E-state index contributed by atoms with van der Waals surface area (Å²) in [6, 6.07) is 4.45. The molecule has 0 fully saturated rings. The van der Waals surface area contributed by atoms with Gasteiger partial charge < -0.3 is 9.84 Å². The Kier molecular flexibility index (Phi) is 3.61. The zero-order valence-electron chi connectivity index (χ0n) is 8.91. The third-order valence-electron chi connectivity index (χ3n) is 2.25. The fraction of sp³-hybridized carbons (Fsp3) is 0.182. The van der Waals surface area contributed by atoms with Crippen molar-refractivity contribution < 1.29 is 14.2 Å². The smallest absolute Gasteiger partial charge is 0.184 e. The fourth-order valence-electron chi connectivity index (χ4n) is 1.46. The minimum absolute atomic E-state index is 0.217. The predicted molar refractivity (Wildman–Crippen MR) is 65.0 cm³/mol. The Balaban J connectivity index is 2.52. The molecule has 0 radical (unpaired) electrons. The summed E-state index contributed by atoms with van der Waals surface area (Å²) in [6.07, 6.45) is 0. The fourth-order valence-corrected chi connectivity index (χ4v) is 2.48. The Bertz CT molecular complexity index is 544. The quantitative estimate of drug-likeness (QED) is 0.934. The minimum atomic E-state index is -0.457. The van der Waals surface area contributed by atoms with Crippen LogP contribution in [0.1, 0.15) is 4.88 Å². The highest BCUT2D eigenvalue weighted by atomic mass is 35.5. The van der Waals surface area contributed by atoms with Gasteiger partial charge in [-0.05, 0) is 12.1 Å². The van der Waals surface area contributed by atoms with Gasteiger partial charge in [0.1, 0.15) is 11.6 Å². The maximum Gasteiger partial charge on any atom is 0.184 e. The highest BCUT2D eigenvalue weighted by molar-refractivity contribution is 7.16. The van der Waals surface area contributed by atoms with Crippen LogP contribution in [0.15, 0.2) is 18.2 Å². The van der Waals surface area contributed by atoms with Crippen molar-refractivity contribution in [3.8, 4) is 17.0 Å². The molecule has 0 aliphatic carbocycles. The number of hydrogen-bond donors (Lipinski definition) is 1. The van der Waals surface area contributed by atoms with Crippen LogP contribution in [0.5, 0.6) is 5.75 Å². The maximum atomic E-state index is 13.8. The Morgan fingerprint density at radius 2 is 2.29 bits per heavy atom. The molecular weight excluding hydrogens is 265 g/mol. The second kappa shape index (κ2) is 5.00. The van der Waals surface area contributed by atoms with Gasteiger partial charge in [-0.3, -0.25) is 0 Å². The summed E-state index contributed by atoms with van der Waals surface area (Å²) in [5.74, 6) is -0.0286. The number of thiazole rings is 1. The average Bonchev–Trinajstić information content (AvgIpc) is 2.70. The van der Waals surface area contributed by atoms with Crippen molar-refractivity contribution in [2.45, 2.75) is 6.61 Å². The van der Waals surface area contributed by atoms with Gasteiger partial charge >= 0.3 is 0 Å². The van der Waals surface area contributed by atoms with Crippen LogP contribution in [0.2, 0.25) is 4.47 Å². The predicted octanol–water partition coefficient (Wildman–Crippen LogP) is 3.10. The highest BCUT2D eigenvalue weighted by Gasteiger charge is 2.15. The molecule has 1 aromatic heterocycles. The van der Waals surface area contributed by atoms with Crippen molar-refractivity contribution in [1.82, 2.24) is 4.98 Å². The number of ether oxygens (including phenoxy) is 1. The Morgan fingerprint density at radius 1 is 1.53 bits per heavy atom. The molecule has 2 aromatic rings. The first kappa shape index (κ1) is 12.3. The van der Waals surface area contributed by atoms with Gasteiger partial charge in [-0.2, -0.15) is 0 Å². The van der Waals surface area contributed by atoms with Crippen LogP contribution in [0.25, 0.3) is 11.3 Å². The molecule has 1 heterocycles. The second-order valence-corrected chi connectivity index (χ2v) is 4.91. The van der Waals surface area contributed by atoms with Crippen molar-refractivity contribution >= 4 is 22.9 Å². The molecule has 0 atom stereocenters. The number of aliphatic hydroxyl groups is 1. The number of methoxy groups -OCH3 is 1. The molecule has 90 valence electrons. The molecule has 0 bridgehead atoms. The monoisotopic (exact) mass is 273 g/mol. The number of nitrogens with zero attached hydrogens (tertiary/aromatic N) is 1. The lowest BCUT2D eigenvalue weighted by Gasteiger charge is -2.04. The molecule has 0 spiro atoms. The molecule has 0 aliphatic heterocycles. The molecule has 0 saturated carbocycles. The van der Waals surface area contributed by atoms with Gasteiger partial charge in [0.2, 0.25) is 0 Å². The van der Waals surface area contributed by atoms with Crippen molar-refractivity contribution in [3.63, 3.8) is 0 Å². The molecule has 1 aromatic carbocycles. The Morgan fingerprint density at radius 3 is 2.88 bits per heavy atom. The molecule has 0 aliphatic rings. The Labute approximate surface area is 106 Å². The molecule has 6 heteroatoms. The molecule has 2 rings (SSSR count). The van der Waals surface area contributed by atoms with E-state index in [0.717, 1.165) is 11.3 Å². The van der Waals surface area contributed by atoms with Crippen LogP contribution in [-0.2, 0) is 6.61 Å². The summed E-state index contributed by atoms with van der Waals surface area (Å²) in [6.45, 7) is -0.217. The Hall–Kier alpha value is -1.17. The lowest BCUT2D eigenvalue weighted by Crippen LogP contribution is -1.91. The lowest BCUT2D eigenvalue weighted by atomic mass is 10.1. The summed E-state index contributed by atoms with van der Waals surface area (Å²) < 4.78 is 19.0. The van der Waals surface area contributed by atoms with Crippen molar-refractivity contribution in [3.05, 3.63) is 33.4 Å². The van der Waals surface area contributed by atoms with Gasteiger partial charge in [0.05, 0.1) is 24.3 Å². The standard InChI is InChI=1S/C11H9ClFNO2S/c1-16-6-2-3-7(8(13)4-6)10-9(5-15)17-11(12)14-10/h2-4,15H,5H2,1H3. The highest BCUT2D eigenvalue weighted by Crippen LogP contribution is 2.33. The lowest BCUT2D eigenvalue weighted by molar-refractivity contribution is 0.286. The third kappa shape index (κ3) is 2.41. The van der Waals surface area contributed by atoms with Crippen molar-refractivity contribution in [2.75, 3.05) is 7.11 Å². The van der Waals surface area contributed by atoms with Gasteiger partial charge in [-0.15, -0.1) is 11.3 Å². The van der Waals surface area contributed by atoms with E-state index in [4.69, 9.17) is 21.4 Å². The maximum absolute atomic E-state index is 13.8. The molecule has 3 nitrogen and oxygen atoms in total. The van der Waals surface area contributed by atoms with Crippen molar-refractivity contribution in [2.24, 2.45) is 0 Å². The van der Waals surface area contributed by atoms with E-state index in [1.807, 2.05) is 0 Å². The number of hydrogen-bond acceptors (Lipinski definition) is 4. The summed E-state index contributed by atoms with van der Waals surface area (Å²) in [4.78, 5) is 4.55. The van der Waals surface area contributed by atoms with E-state index in [2.05, 4.69) is 4.98 Å². The average molecular weight is 274 g/mol. The number of halogens is 2. The first-order valence-corrected chi connectivity index (χ1v) is 5.95. The van der Waals surface area contributed by atoms with E-state index in [-0.39, 0.29) is 11.1 Å². The van der Waals surface area contributed by atoms with E-state index in [1.54, 1.807) is 12.1 Å². The molecule has 1 N–H and O–H groups in total. The first-order chi connectivity index (χ1) is 8.15. The van der Waals surface area contributed by atoms with E-state index in [0.29, 0.717) is 21.9 Å². The third-order valence-corrected chi connectivity index (χ3v) is 3.39. The van der Waals surface area contributed by atoms with E-state index in [1.165, 1.54) is 13.2 Å². The van der Waals surface area contributed by atoms with E-state index >= 15 is 0 Å². The summed E-state index contributed by atoms with van der Waals surface area (Å²) >= 11 is 6.89. The van der Waals surface area contributed by atoms with Crippen LogP contribution in [0, 0.1) is 5.82 Å². The van der Waals surface area contributed by atoms with Gasteiger partial charge in [0, 0.05) is 11.6 Å². The number of rotatable bonds is 3. The van der Waals surface area contributed by atoms with E-state index < -0.39 is 5.82 Å². The molecule has 0 unspecified atom stereocenters. The topological polar surface area (TPSA) is 42.4 Å².